The van der Waals surface area contributed by atoms with E-state index in [1.165, 1.54) is 19.1 Å². The number of aliphatic hydroxyl groups excluding tert-OH is 1. The van der Waals surface area contributed by atoms with Crippen LogP contribution in [0.3, 0.4) is 0 Å². The quantitative estimate of drug-likeness (QED) is 0.185. The summed E-state index contributed by atoms with van der Waals surface area (Å²) in [5, 5.41) is 29.7. The van der Waals surface area contributed by atoms with Crippen LogP contribution in [0.5, 0.6) is 11.5 Å². The Kier molecular flexibility index (Phi) is 10.3. The number of ether oxygens (including phenoxy) is 4. The van der Waals surface area contributed by atoms with Crippen molar-refractivity contribution in [1.82, 2.24) is 0 Å². The largest absolute Gasteiger partial charge is 0.504 e. The fourth-order valence-corrected chi connectivity index (χ4v) is 5.97. The van der Waals surface area contributed by atoms with Crippen molar-refractivity contribution in [2.24, 2.45) is 0 Å². The van der Waals surface area contributed by atoms with Crippen LogP contribution in [0.1, 0.15) is 89.5 Å². The molecule has 0 saturated carbocycles. The fourth-order valence-electron chi connectivity index (χ4n) is 5.97. The van der Waals surface area contributed by atoms with Crippen molar-refractivity contribution < 1.29 is 43.9 Å². The summed E-state index contributed by atoms with van der Waals surface area (Å²) in [6, 6.07) is 4.99. The Bertz CT molecular complexity index is 1010. The average molecular weight is 547 g/mol. The molecule has 2 fully saturated rings. The number of aryl methyl sites for hydroxylation is 1. The second kappa shape index (κ2) is 13.6. The molecule has 0 amide bonds. The van der Waals surface area contributed by atoms with Gasteiger partial charge in [0.2, 0.25) is 0 Å². The standard InChI is InChI=1S/C30H42O9/c1-20(31)36-24-17-23(38-30(18-24)19-28-27(39-30)13-14-29(35)37-28)16-22(32)10-8-6-4-2-3-5-7-9-21-11-12-25(33)26(34)15-21/h11-15,22-24,27-28,32-34H,2-10,16-19H2,1H3. The fraction of sp³-hybridized carbons (Fsp3) is 0.667. The number of phenols is 2. The van der Waals surface area contributed by atoms with Gasteiger partial charge in [0, 0.05) is 32.3 Å². The molecule has 0 aromatic heterocycles. The van der Waals surface area contributed by atoms with E-state index in [1.54, 1.807) is 12.1 Å². The van der Waals surface area contributed by atoms with Gasteiger partial charge < -0.3 is 34.3 Å². The van der Waals surface area contributed by atoms with Crippen molar-refractivity contribution >= 4 is 11.9 Å². The maximum absolute atomic E-state index is 11.7. The zero-order chi connectivity index (χ0) is 27.8. The molecule has 3 heterocycles. The molecule has 0 radical (unpaired) electrons. The summed E-state index contributed by atoms with van der Waals surface area (Å²) in [6.45, 7) is 1.38. The van der Waals surface area contributed by atoms with E-state index in [9.17, 15) is 24.9 Å². The van der Waals surface area contributed by atoms with Gasteiger partial charge in [-0.3, -0.25) is 4.79 Å². The van der Waals surface area contributed by atoms with Gasteiger partial charge in [0.25, 0.3) is 0 Å². The minimum atomic E-state index is -1.00. The Morgan fingerprint density at radius 1 is 1.05 bits per heavy atom. The number of hydrogen-bond acceptors (Lipinski definition) is 9. The lowest BCUT2D eigenvalue weighted by atomic mass is 9.91. The molecule has 4 rings (SSSR count). The van der Waals surface area contributed by atoms with E-state index < -0.39 is 24.0 Å². The summed E-state index contributed by atoms with van der Waals surface area (Å²) in [6.07, 6.45) is 11.8. The topological polar surface area (TPSA) is 132 Å². The van der Waals surface area contributed by atoms with Crippen molar-refractivity contribution in [1.29, 1.82) is 0 Å². The Labute approximate surface area is 230 Å². The number of unbranched alkanes of at least 4 members (excludes halogenated alkanes) is 6. The number of hydrogen-bond donors (Lipinski definition) is 3. The van der Waals surface area contributed by atoms with Crippen LogP contribution < -0.4 is 0 Å². The van der Waals surface area contributed by atoms with Gasteiger partial charge in [-0.25, -0.2) is 4.79 Å². The van der Waals surface area contributed by atoms with Crippen LogP contribution >= 0.6 is 0 Å². The molecule has 2 saturated heterocycles. The van der Waals surface area contributed by atoms with Crippen LogP contribution in [-0.2, 0) is 35.0 Å². The van der Waals surface area contributed by atoms with E-state index in [0.717, 1.165) is 56.9 Å². The number of carbonyl (C=O) groups is 2. The van der Waals surface area contributed by atoms with Gasteiger partial charge in [-0.2, -0.15) is 0 Å². The van der Waals surface area contributed by atoms with Gasteiger partial charge in [0.1, 0.15) is 18.3 Å². The molecule has 39 heavy (non-hydrogen) atoms. The van der Waals surface area contributed by atoms with E-state index >= 15 is 0 Å². The molecule has 9 heteroatoms. The monoisotopic (exact) mass is 546 g/mol. The van der Waals surface area contributed by atoms with Gasteiger partial charge in [0.05, 0.1) is 12.2 Å². The lowest BCUT2D eigenvalue weighted by Gasteiger charge is -2.41. The number of phenolic OH excluding ortho intramolecular Hbond substituents is 2. The maximum Gasteiger partial charge on any atom is 0.330 e. The Morgan fingerprint density at radius 2 is 1.79 bits per heavy atom. The summed E-state index contributed by atoms with van der Waals surface area (Å²) < 4.78 is 23.4. The van der Waals surface area contributed by atoms with E-state index in [0.29, 0.717) is 32.1 Å². The molecule has 1 aromatic carbocycles. The van der Waals surface area contributed by atoms with Crippen LogP contribution in [0, 0.1) is 0 Å². The molecular formula is C30H42O9. The molecule has 3 aliphatic heterocycles. The molecule has 216 valence electrons. The minimum Gasteiger partial charge on any atom is -0.504 e. The number of esters is 2. The number of carbonyl (C=O) groups excluding carboxylic acids is 2. The molecule has 3 N–H and O–H groups in total. The van der Waals surface area contributed by atoms with Gasteiger partial charge >= 0.3 is 11.9 Å². The first kappa shape index (κ1) is 29.4. The van der Waals surface area contributed by atoms with Crippen molar-refractivity contribution in [3.05, 3.63) is 35.9 Å². The first-order chi connectivity index (χ1) is 18.7. The zero-order valence-corrected chi connectivity index (χ0v) is 22.8. The normalized spacial score (nSPS) is 28.7. The maximum atomic E-state index is 11.7. The number of benzene rings is 1. The van der Waals surface area contributed by atoms with Crippen LogP contribution in [0.2, 0.25) is 0 Å². The lowest BCUT2D eigenvalue weighted by Crippen LogP contribution is -2.48. The molecule has 1 spiro atoms. The smallest absolute Gasteiger partial charge is 0.330 e. The van der Waals surface area contributed by atoms with Gasteiger partial charge in [-0.15, -0.1) is 0 Å². The number of aromatic hydroxyl groups is 2. The summed E-state index contributed by atoms with van der Waals surface area (Å²) in [5.41, 5.74) is 1.03. The summed E-state index contributed by atoms with van der Waals surface area (Å²) in [4.78, 5) is 23.3. The Balaban J connectivity index is 1.12. The molecular weight excluding hydrogens is 504 g/mol. The minimum absolute atomic E-state index is 0.0669. The Morgan fingerprint density at radius 3 is 2.54 bits per heavy atom. The summed E-state index contributed by atoms with van der Waals surface area (Å²) >= 11 is 0. The molecule has 0 aliphatic carbocycles. The molecule has 9 nitrogen and oxygen atoms in total. The Hall–Kier alpha value is -2.62. The third-order valence-corrected chi connectivity index (χ3v) is 7.78. The van der Waals surface area contributed by atoms with Gasteiger partial charge in [-0.1, -0.05) is 44.6 Å². The van der Waals surface area contributed by atoms with Crippen molar-refractivity contribution in [2.45, 2.75) is 127 Å². The predicted molar refractivity (Wildman–Crippen MR) is 142 cm³/mol. The third kappa shape index (κ3) is 8.68. The molecule has 1 aromatic rings. The van der Waals surface area contributed by atoms with Crippen LogP contribution in [0.25, 0.3) is 0 Å². The molecule has 0 bridgehead atoms. The number of rotatable bonds is 13. The van der Waals surface area contributed by atoms with E-state index in [2.05, 4.69) is 0 Å². The van der Waals surface area contributed by atoms with Gasteiger partial charge in [-0.05, 0) is 49.5 Å². The molecule has 6 unspecified atom stereocenters. The van der Waals surface area contributed by atoms with E-state index in [-0.39, 0.29) is 35.8 Å². The first-order valence-corrected chi connectivity index (χ1v) is 14.3. The second-order valence-electron chi connectivity index (χ2n) is 11.2. The summed E-state index contributed by atoms with van der Waals surface area (Å²) in [5.74, 6) is -1.92. The van der Waals surface area contributed by atoms with Crippen molar-refractivity contribution in [3.8, 4) is 11.5 Å². The van der Waals surface area contributed by atoms with Crippen LogP contribution in [0.4, 0.5) is 0 Å². The van der Waals surface area contributed by atoms with E-state index in [1.807, 2.05) is 6.07 Å². The zero-order valence-electron chi connectivity index (χ0n) is 22.8. The number of aliphatic hydroxyl groups is 1. The SMILES string of the molecule is CC(=O)OC1CC(CC(O)CCCCCCCCCc2ccc(O)c(O)c2)OC2(C1)CC1OC(=O)C=CC1O2. The highest BCUT2D eigenvalue weighted by atomic mass is 16.7. The second-order valence-corrected chi connectivity index (χ2v) is 11.2. The summed E-state index contributed by atoms with van der Waals surface area (Å²) in [7, 11) is 0. The van der Waals surface area contributed by atoms with Crippen LogP contribution in [0.15, 0.2) is 30.4 Å². The van der Waals surface area contributed by atoms with Gasteiger partial charge in [0.15, 0.2) is 17.3 Å². The molecule has 3 aliphatic rings. The van der Waals surface area contributed by atoms with E-state index in [4.69, 9.17) is 18.9 Å². The van der Waals surface area contributed by atoms with Crippen molar-refractivity contribution in [3.63, 3.8) is 0 Å². The van der Waals surface area contributed by atoms with Crippen molar-refractivity contribution in [2.75, 3.05) is 0 Å². The third-order valence-electron chi connectivity index (χ3n) is 7.78. The first-order valence-electron chi connectivity index (χ1n) is 14.3. The lowest BCUT2D eigenvalue weighted by molar-refractivity contribution is -0.286. The number of fused-ring (bicyclic) bond motifs is 1. The predicted octanol–water partition coefficient (Wildman–Crippen LogP) is 4.59. The highest BCUT2D eigenvalue weighted by Gasteiger charge is 2.54. The highest BCUT2D eigenvalue weighted by molar-refractivity contribution is 5.83. The average Bonchev–Trinajstić information content (AvgIpc) is 3.20. The highest BCUT2D eigenvalue weighted by Crippen LogP contribution is 2.44. The molecule has 6 atom stereocenters. The van der Waals surface area contributed by atoms with Crippen LogP contribution in [-0.4, -0.2) is 63.6 Å².